The number of benzene rings is 2. The van der Waals surface area contributed by atoms with Gasteiger partial charge in [0.05, 0.1) is 0 Å². The van der Waals surface area contributed by atoms with Crippen LogP contribution in [-0.2, 0) is 4.79 Å². The first-order chi connectivity index (χ1) is 10.4. The Kier molecular flexibility index (Phi) is 4.86. The van der Waals surface area contributed by atoms with Gasteiger partial charge in [0.1, 0.15) is 5.75 Å². The molecule has 0 aliphatic carbocycles. The Morgan fingerprint density at radius 2 is 1.50 bits per heavy atom. The molecule has 0 fully saturated rings. The first-order valence-electron chi connectivity index (χ1n) is 7.45. The number of nitrogens with one attached hydrogen (secondary N) is 1. The molecule has 0 heterocycles. The largest absolute Gasteiger partial charge is 0.483 e. The maximum atomic E-state index is 12.1. The molecule has 3 nitrogen and oxygen atoms in total. The number of anilines is 1. The van der Waals surface area contributed by atoms with Crippen LogP contribution in [0.3, 0.4) is 0 Å². The van der Waals surface area contributed by atoms with Crippen LogP contribution in [0.1, 0.15) is 27.8 Å². The van der Waals surface area contributed by atoms with Gasteiger partial charge in [-0.05, 0) is 56.9 Å². The summed E-state index contributed by atoms with van der Waals surface area (Å²) in [6, 6.07) is 10.1. The molecule has 3 heteroatoms. The van der Waals surface area contributed by atoms with Crippen molar-refractivity contribution in [3.05, 3.63) is 58.1 Å². The van der Waals surface area contributed by atoms with Crippen molar-refractivity contribution in [1.29, 1.82) is 0 Å². The molecule has 0 atom stereocenters. The highest BCUT2D eigenvalue weighted by molar-refractivity contribution is 5.93. The van der Waals surface area contributed by atoms with Gasteiger partial charge in [0.15, 0.2) is 6.61 Å². The van der Waals surface area contributed by atoms with Crippen LogP contribution >= 0.6 is 0 Å². The lowest BCUT2D eigenvalue weighted by atomic mass is 10.1. The summed E-state index contributed by atoms with van der Waals surface area (Å²) in [5.74, 6) is 0.652. The fourth-order valence-corrected chi connectivity index (χ4v) is 2.72. The molecular weight excluding hydrogens is 274 g/mol. The van der Waals surface area contributed by atoms with Crippen LogP contribution in [0, 0.1) is 34.6 Å². The van der Waals surface area contributed by atoms with E-state index in [9.17, 15) is 4.79 Å². The summed E-state index contributed by atoms with van der Waals surface area (Å²) in [5.41, 5.74) is 6.28. The zero-order valence-corrected chi connectivity index (χ0v) is 13.9. The molecule has 2 aromatic rings. The minimum absolute atomic E-state index is 0.0124. The number of carbonyl (C=O) groups excluding carboxylic acids is 1. The third-order valence-corrected chi connectivity index (χ3v) is 3.70. The Labute approximate surface area is 132 Å². The summed E-state index contributed by atoms with van der Waals surface area (Å²) in [5, 5.41) is 2.94. The second kappa shape index (κ2) is 6.65. The number of hydrogen-bond acceptors (Lipinski definition) is 2. The number of carbonyl (C=O) groups is 1. The van der Waals surface area contributed by atoms with Gasteiger partial charge < -0.3 is 10.1 Å². The molecule has 0 aliphatic rings. The van der Waals surface area contributed by atoms with Crippen LogP contribution in [0.25, 0.3) is 0 Å². The smallest absolute Gasteiger partial charge is 0.262 e. The monoisotopic (exact) mass is 297 g/mol. The lowest BCUT2D eigenvalue weighted by molar-refractivity contribution is -0.118. The number of rotatable bonds is 4. The first-order valence-corrected chi connectivity index (χ1v) is 7.45. The number of amides is 1. The van der Waals surface area contributed by atoms with Gasteiger partial charge in [0.25, 0.3) is 5.91 Å². The topological polar surface area (TPSA) is 38.3 Å². The Bertz CT molecular complexity index is 661. The van der Waals surface area contributed by atoms with Crippen molar-refractivity contribution >= 4 is 11.6 Å². The fourth-order valence-electron chi connectivity index (χ4n) is 2.72. The van der Waals surface area contributed by atoms with E-state index in [1.54, 1.807) is 0 Å². The van der Waals surface area contributed by atoms with E-state index in [1.165, 1.54) is 5.56 Å². The predicted octanol–water partition coefficient (Wildman–Crippen LogP) is 4.25. The Balaban J connectivity index is 2.05. The van der Waals surface area contributed by atoms with Gasteiger partial charge in [-0.3, -0.25) is 4.79 Å². The number of aryl methyl sites for hydroxylation is 5. The molecule has 0 spiro atoms. The highest BCUT2D eigenvalue weighted by Gasteiger charge is 2.10. The molecule has 0 bridgehead atoms. The van der Waals surface area contributed by atoms with E-state index in [1.807, 2.05) is 45.9 Å². The molecule has 0 aliphatic heterocycles. The van der Waals surface area contributed by atoms with E-state index >= 15 is 0 Å². The second-order valence-electron chi connectivity index (χ2n) is 5.83. The van der Waals surface area contributed by atoms with E-state index in [4.69, 9.17) is 4.74 Å². The number of ether oxygens (including phenoxy) is 1. The van der Waals surface area contributed by atoms with Gasteiger partial charge in [0.2, 0.25) is 0 Å². The van der Waals surface area contributed by atoms with E-state index in [-0.39, 0.29) is 12.5 Å². The van der Waals surface area contributed by atoms with E-state index < -0.39 is 0 Å². The average Bonchev–Trinajstić information content (AvgIpc) is 2.42. The molecule has 2 rings (SSSR count). The zero-order chi connectivity index (χ0) is 16.3. The second-order valence-corrected chi connectivity index (χ2v) is 5.83. The maximum Gasteiger partial charge on any atom is 0.262 e. The van der Waals surface area contributed by atoms with E-state index in [0.29, 0.717) is 0 Å². The fraction of sp³-hybridized carbons (Fsp3) is 0.316. The lowest BCUT2D eigenvalue weighted by Crippen LogP contribution is -2.21. The molecule has 0 radical (unpaired) electrons. The van der Waals surface area contributed by atoms with Crippen molar-refractivity contribution < 1.29 is 9.53 Å². The molecule has 116 valence electrons. The third kappa shape index (κ3) is 3.67. The van der Waals surface area contributed by atoms with E-state index in [2.05, 4.69) is 24.4 Å². The Morgan fingerprint density at radius 3 is 2.05 bits per heavy atom. The summed E-state index contributed by atoms with van der Waals surface area (Å²) in [6.45, 7) is 10.0. The summed E-state index contributed by atoms with van der Waals surface area (Å²) < 4.78 is 5.72. The first kappa shape index (κ1) is 16.1. The van der Waals surface area contributed by atoms with Gasteiger partial charge in [0, 0.05) is 5.69 Å². The molecule has 0 aromatic heterocycles. The molecular formula is C19H23NO2. The SMILES string of the molecule is Cc1cc(C)c(OCC(=O)Nc2c(C)cccc2C)c(C)c1. The Morgan fingerprint density at radius 1 is 0.955 bits per heavy atom. The number of para-hydroxylation sites is 1. The van der Waals surface area contributed by atoms with Crippen LogP contribution in [0.4, 0.5) is 5.69 Å². The molecule has 22 heavy (non-hydrogen) atoms. The summed E-state index contributed by atoms with van der Waals surface area (Å²) in [6.07, 6.45) is 0. The quantitative estimate of drug-likeness (QED) is 0.916. The highest BCUT2D eigenvalue weighted by atomic mass is 16.5. The summed E-state index contributed by atoms with van der Waals surface area (Å²) in [7, 11) is 0. The molecule has 1 amide bonds. The standard InChI is InChI=1S/C19H23NO2/c1-12-9-15(4)19(16(5)10-12)22-11-17(21)20-18-13(2)7-6-8-14(18)3/h6-10H,11H2,1-5H3,(H,20,21). The van der Waals surface area contributed by atoms with Crippen LogP contribution in [-0.4, -0.2) is 12.5 Å². The highest BCUT2D eigenvalue weighted by Crippen LogP contribution is 2.25. The zero-order valence-electron chi connectivity index (χ0n) is 13.9. The van der Waals surface area contributed by atoms with Gasteiger partial charge >= 0.3 is 0 Å². The normalized spacial score (nSPS) is 10.4. The van der Waals surface area contributed by atoms with Gasteiger partial charge in [-0.15, -0.1) is 0 Å². The molecule has 0 unspecified atom stereocenters. The third-order valence-electron chi connectivity index (χ3n) is 3.70. The number of hydrogen-bond donors (Lipinski definition) is 1. The lowest BCUT2D eigenvalue weighted by Gasteiger charge is -2.14. The van der Waals surface area contributed by atoms with Crippen molar-refractivity contribution in [3.63, 3.8) is 0 Å². The molecule has 2 aromatic carbocycles. The van der Waals surface area contributed by atoms with Crippen molar-refractivity contribution in [2.75, 3.05) is 11.9 Å². The molecule has 0 saturated heterocycles. The molecule has 0 saturated carbocycles. The van der Waals surface area contributed by atoms with Gasteiger partial charge in [-0.25, -0.2) is 0 Å². The maximum absolute atomic E-state index is 12.1. The van der Waals surface area contributed by atoms with Crippen molar-refractivity contribution in [2.24, 2.45) is 0 Å². The van der Waals surface area contributed by atoms with Crippen LogP contribution in [0.15, 0.2) is 30.3 Å². The van der Waals surface area contributed by atoms with E-state index in [0.717, 1.165) is 33.7 Å². The molecule has 1 N–H and O–H groups in total. The summed E-state index contributed by atoms with van der Waals surface area (Å²) in [4.78, 5) is 12.1. The Hall–Kier alpha value is -2.29. The van der Waals surface area contributed by atoms with Crippen LogP contribution in [0.5, 0.6) is 5.75 Å². The van der Waals surface area contributed by atoms with Gasteiger partial charge in [-0.2, -0.15) is 0 Å². The minimum atomic E-state index is -0.142. The minimum Gasteiger partial charge on any atom is -0.483 e. The van der Waals surface area contributed by atoms with Crippen molar-refractivity contribution in [1.82, 2.24) is 0 Å². The van der Waals surface area contributed by atoms with Crippen molar-refractivity contribution in [2.45, 2.75) is 34.6 Å². The van der Waals surface area contributed by atoms with Gasteiger partial charge in [-0.1, -0.05) is 35.9 Å². The van der Waals surface area contributed by atoms with Crippen LogP contribution < -0.4 is 10.1 Å². The predicted molar refractivity (Wildman–Crippen MR) is 90.7 cm³/mol. The average molecular weight is 297 g/mol. The summed E-state index contributed by atoms with van der Waals surface area (Å²) >= 11 is 0. The van der Waals surface area contributed by atoms with Crippen LogP contribution in [0.2, 0.25) is 0 Å². The van der Waals surface area contributed by atoms with Crippen molar-refractivity contribution in [3.8, 4) is 5.75 Å².